The van der Waals surface area contributed by atoms with E-state index in [-0.39, 0.29) is 0 Å². The molecular weight excluding hydrogens is 248 g/mol. The van der Waals surface area contributed by atoms with E-state index in [2.05, 4.69) is 6.58 Å². The molecule has 0 amide bonds. The molecule has 0 bridgehead atoms. The molecule has 1 saturated heterocycles. The quantitative estimate of drug-likeness (QED) is 0.281. The van der Waals surface area contributed by atoms with Gasteiger partial charge in [-0.2, -0.15) is 0 Å². The third-order valence-electron chi connectivity index (χ3n) is 2.62. The Morgan fingerprint density at radius 2 is 2.00 bits per heavy atom. The number of methoxy groups -OCH3 is 1. The summed E-state index contributed by atoms with van der Waals surface area (Å²) in [4.78, 5) is 0. The minimum Gasteiger partial charge on any atom is -0.508 e. The van der Waals surface area contributed by atoms with E-state index in [0.29, 0.717) is 0 Å². The second-order valence-electron chi connectivity index (χ2n) is 3.89. The highest BCUT2D eigenvalue weighted by Gasteiger charge is 2.46. The smallest absolute Gasteiger partial charge is 0.213 e. The number of aliphatic hydroxyl groups excluding tert-OH is 5. The third kappa shape index (κ3) is 3.18. The molecule has 6 unspecified atom stereocenters. The molecule has 1 rings (SSSR count). The van der Waals surface area contributed by atoms with E-state index in [1.165, 1.54) is 7.11 Å². The van der Waals surface area contributed by atoms with Crippen LogP contribution in [0.2, 0.25) is 0 Å². The molecule has 1 fully saturated rings. The summed E-state index contributed by atoms with van der Waals surface area (Å²) in [6.07, 6.45) is -8.02. The third-order valence-corrected chi connectivity index (χ3v) is 2.62. The molecule has 0 aromatic carbocycles. The average molecular weight is 266 g/mol. The molecule has 18 heavy (non-hydrogen) atoms. The lowest BCUT2D eigenvalue weighted by Gasteiger charge is -2.41. The van der Waals surface area contributed by atoms with E-state index in [1.807, 2.05) is 0 Å². The van der Waals surface area contributed by atoms with Crippen LogP contribution in [0.15, 0.2) is 12.3 Å². The average Bonchev–Trinajstić information content (AvgIpc) is 2.35. The Kier molecular flexibility index (Phi) is 5.47. The second-order valence-corrected chi connectivity index (χ2v) is 3.89. The van der Waals surface area contributed by atoms with Crippen molar-refractivity contribution >= 4 is 0 Å². The van der Waals surface area contributed by atoms with E-state index >= 15 is 0 Å². The predicted molar refractivity (Wildman–Crippen MR) is 57.4 cm³/mol. The maximum atomic E-state index is 9.80. The Morgan fingerprint density at radius 1 is 1.39 bits per heavy atom. The number of hydrogen-bond acceptors (Lipinski definition) is 8. The standard InChI is InChI=1S/C10H18O8/c1-4(12)9(15)18-8-5(3-11)17-10(16-2)7(14)6(8)13/h5-15H,1,3H2,2H3. The summed E-state index contributed by atoms with van der Waals surface area (Å²) < 4.78 is 14.8. The number of ether oxygens (including phenoxy) is 3. The van der Waals surface area contributed by atoms with Gasteiger partial charge in [0.1, 0.15) is 30.2 Å². The predicted octanol–water partition coefficient (Wildman–Crippen LogP) is -2.15. The van der Waals surface area contributed by atoms with Crippen LogP contribution in [0.1, 0.15) is 0 Å². The minimum atomic E-state index is -1.76. The van der Waals surface area contributed by atoms with Gasteiger partial charge in [-0.3, -0.25) is 0 Å². The molecule has 5 N–H and O–H groups in total. The van der Waals surface area contributed by atoms with Gasteiger partial charge in [0.2, 0.25) is 6.29 Å². The monoisotopic (exact) mass is 266 g/mol. The lowest BCUT2D eigenvalue weighted by atomic mass is 9.99. The van der Waals surface area contributed by atoms with Crippen LogP contribution in [0.4, 0.5) is 0 Å². The molecule has 6 atom stereocenters. The normalized spacial score (nSPS) is 38.4. The first-order valence-corrected chi connectivity index (χ1v) is 5.29. The molecule has 1 aliphatic rings. The van der Waals surface area contributed by atoms with E-state index in [9.17, 15) is 15.3 Å². The summed E-state index contributed by atoms with van der Waals surface area (Å²) in [6.45, 7) is 2.53. The molecule has 8 heteroatoms. The van der Waals surface area contributed by atoms with Crippen molar-refractivity contribution in [3.63, 3.8) is 0 Å². The van der Waals surface area contributed by atoms with Gasteiger partial charge >= 0.3 is 0 Å². The summed E-state index contributed by atoms with van der Waals surface area (Å²) in [6, 6.07) is 0. The molecule has 0 saturated carbocycles. The van der Waals surface area contributed by atoms with Gasteiger partial charge in [-0.25, -0.2) is 0 Å². The van der Waals surface area contributed by atoms with E-state index in [1.54, 1.807) is 0 Å². The highest BCUT2D eigenvalue weighted by Crippen LogP contribution is 2.25. The lowest BCUT2D eigenvalue weighted by molar-refractivity contribution is -0.316. The fraction of sp³-hybridized carbons (Fsp3) is 0.800. The zero-order chi connectivity index (χ0) is 13.9. The molecule has 0 aromatic heterocycles. The van der Waals surface area contributed by atoms with Crippen LogP contribution >= 0.6 is 0 Å². The summed E-state index contributed by atoms with van der Waals surface area (Å²) in [5, 5.41) is 46.8. The fourth-order valence-corrected chi connectivity index (χ4v) is 1.64. The maximum absolute atomic E-state index is 9.80. The first-order chi connectivity index (χ1) is 8.42. The van der Waals surface area contributed by atoms with Gasteiger partial charge in [0, 0.05) is 7.11 Å². The molecule has 0 spiro atoms. The molecule has 0 aromatic rings. The van der Waals surface area contributed by atoms with Crippen LogP contribution in [-0.4, -0.2) is 76.2 Å². The number of aliphatic hydroxyl groups is 5. The summed E-state index contributed by atoms with van der Waals surface area (Å²) in [5.41, 5.74) is 0. The summed E-state index contributed by atoms with van der Waals surface area (Å²) >= 11 is 0. The van der Waals surface area contributed by atoms with Gasteiger partial charge in [-0.1, -0.05) is 6.58 Å². The molecule has 0 radical (unpaired) electrons. The Hall–Kier alpha value is -0.740. The summed E-state index contributed by atoms with van der Waals surface area (Å²) in [5.74, 6) is -0.665. The van der Waals surface area contributed by atoms with Crippen molar-refractivity contribution in [1.82, 2.24) is 0 Å². The number of rotatable bonds is 5. The van der Waals surface area contributed by atoms with Crippen LogP contribution in [0.3, 0.4) is 0 Å². The molecule has 8 nitrogen and oxygen atoms in total. The first-order valence-electron chi connectivity index (χ1n) is 5.29. The Morgan fingerprint density at radius 3 is 2.44 bits per heavy atom. The summed E-state index contributed by atoms with van der Waals surface area (Å²) in [7, 11) is 1.26. The van der Waals surface area contributed by atoms with Gasteiger partial charge < -0.3 is 39.7 Å². The van der Waals surface area contributed by atoms with Crippen molar-refractivity contribution in [2.24, 2.45) is 0 Å². The highest BCUT2D eigenvalue weighted by atomic mass is 16.7. The van der Waals surface area contributed by atoms with Crippen LogP contribution in [0.5, 0.6) is 0 Å². The van der Waals surface area contributed by atoms with Crippen LogP contribution < -0.4 is 0 Å². The van der Waals surface area contributed by atoms with Crippen LogP contribution in [-0.2, 0) is 14.2 Å². The second kappa shape index (κ2) is 6.43. The maximum Gasteiger partial charge on any atom is 0.213 e. The van der Waals surface area contributed by atoms with Crippen molar-refractivity contribution in [3.8, 4) is 0 Å². The molecular formula is C10H18O8. The lowest BCUT2D eigenvalue weighted by Crippen LogP contribution is -2.60. The van der Waals surface area contributed by atoms with Gasteiger partial charge in [0.25, 0.3) is 0 Å². The zero-order valence-electron chi connectivity index (χ0n) is 9.84. The molecule has 0 aliphatic carbocycles. The minimum absolute atomic E-state index is 0.529. The molecule has 1 heterocycles. The highest BCUT2D eigenvalue weighted by molar-refractivity contribution is 4.92. The van der Waals surface area contributed by atoms with E-state index in [0.717, 1.165) is 0 Å². The number of hydrogen-bond donors (Lipinski definition) is 5. The van der Waals surface area contributed by atoms with Gasteiger partial charge in [0.05, 0.1) is 6.61 Å². The Bertz CT molecular complexity index is 281. The van der Waals surface area contributed by atoms with E-state index in [4.69, 9.17) is 24.4 Å². The first kappa shape index (κ1) is 15.3. The fourth-order valence-electron chi connectivity index (χ4n) is 1.64. The molecule has 106 valence electrons. The zero-order valence-corrected chi connectivity index (χ0v) is 9.84. The van der Waals surface area contributed by atoms with E-state index < -0.39 is 49.4 Å². The van der Waals surface area contributed by atoms with Gasteiger partial charge in [0.15, 0.2) is 6.29 Å². The van der Waals surface area contributed by atoms with Crippen molar-refractivity contribution in [2.45, 2.75) is 37.0 Å². The van der Waals surface area contributed by atoms with Crippen LogP contribution in [0, 0.1) is 0 Å². The largest absolute Gasteiger partial charge is 0.508 e. The Balaban J connectivity index is 2.77. The van der Waals surface area contributed by atoms with Crippen LogP contribution in [0.25, 0.3) is 0 Å². The molecule has 1 aliphatic heterocycles. The SMILES string of the molecule is C=C(O)C(O)OC1C(CO)OC(OC)C(O)C1O. The Labute approximate surface area is 104 Å². The van der Waals surface area contributed by atoms with Gasteiger partial charge in [-0.05, 0) is 0 Å². The van der Waals surface area contributed by atoms with Crippen molar-refractivity contribution in [3.05, 3.63) is 12.3 Å². The van der Waals surface area contributed by atoms with Crippen molar-refractivity contribution < 1.29 is 39.7 Å². The van der Waals surface area contributed by atoms with Crippen molar-refractivity contribution in [1.29, 1.82) is 0 Å². The van der Waals surface area contributed by atoms with Crippen molar-refractivity contribution in [2.75, 3.05) is 13.7 Å². The van der Waals surface area contributed by atoms with Gasteiger partial charge in [-0.15, -0.1) is 0 Å². The topological polar surface area (TPSA) is 129 Å².